The van der Waals surface area contributed by atoms with Gasteiger partial charge in [0.1, 0.15) is 0 Å². The third-order valence-electron chi connectivity index (χ3n) is 5.60. The maximum atomic E-state index is 4.36. The molecule has 2 aromatic carbocycles. The molecule has 160 valence electrons. The zero-order valence-corrected chi connectivity index (χ0v) is 19.2. The molecule has 0 heterocycles. The SMILES string of the molecule is C=C(CC(C(=C)NC)C(=C)NCCCC(C)C)c1ccc(-c2ccc(C)cc2)cc1. The second-order valence-electron chi connectivity index (χ2n) is 8.57. The predicted molar refractivity (Wildman–Crippen MR) is 133 cm³/mol. The first-order valence-corrected chi connectivity index (χ1v) is 11.0. The Balaban J connectivity index is 2.03. The molecule has 0 spiro atoms. The van der Waals surface area contributed by atoms with Gasteiger partial charge in [0.05, 0.1) is 0 Å². The molecular weight excluding hydrogens is 364 g/mol. The Morgan fingerprint density at radius 2 is 1.43 bits per heavy atom. The van der Waals surface area contributed by atoms with Crippen molar-refractivity contribution in [3.05, 3.63) is 90.8 Å². The molecule has 2 aromatic rings. The van der Waals surface area contributed by atoms with Crippen molar-refractivity contribution in [1.82, 2.24) is 10.6 Å². The number of benzene rings is 2. The van der Waals surface area contributed by atoms with Crippen molar-refractivity contribution in [2.45, 2.75) is 40.0 Å². The summed E-state index contributed by atoms with van der Waals surface area (Å²) in [5.41, 5.74) is 7.96. The Bertz CT molecular complexity index is 841. The first-order chi connectivity index (χ1) is 14.3. The van der Waals surface area contributed by atoms with Gasteiger partial charge in [0.2, 0.25) is 0 Å². The van der Waals surface area contributed by atoms with E-state index in [-0.39, 0.29) is 5.92 Å². The van der Waals surface area contributed by atoms with Crippen LogP contribution in [0.25, 0.3) is 16.7 Å². The molecule has 0 saturated carbocycles. The highest BCUT2D eigenvalue weighted by Gasteiger charge is 2.18. The summed E-state index contributed by atoms with van der Waals surface area (Å²) in [6, 6.07) is 17.3. The summed E-state index contributed by atoms with van der Waals surface area (Å²) in [4.78, 5) is 0. The van der Waals surface area contributed by atoms with Crippen molar-refractivity contribution in [3.63, 3.8) is 0 Å². The smallest absolute Gasteiger partial charge is 0.0413 e. The molecule has 2 N–H and O–H groups in total. The van der Waals surface area contributed by atoms with Crippen molar-refractivity contribution in [2.75, 3.05) is 13.6 Å². The Kier molecular flexibility index (Phi) is 8.98. The minimum Gasteiger partial charge on any atom is -0.391 e. The molecular formula is C28H38N2. The monoisotopic (exact) mass is 402 g/mol. The van der Waals surface area contributed by atoms with Gasteiger partial charge in [-0.05, 0) is 54.4 Å². The lowest BCUT2D eigenvalue weighted by atomic mass is 9.90. The zero-order valence-electron chi connectivity index (χ0n) is 19.2. The van der Waals surface area contributed by atoms with Crippen LogP contribution in [0.1, 0.15) is 44.2 Å². The van der Waals surface area contributed by atoms with Gasteiger partial charge in [0, 0.05) is 30.9 Å². The molecule has 0 fully saturated rings. The molecule has 0 aliphatic rings. The molecule has 0 saturated heterocycles. The summed E-state index contributed by atoms with van der Waals surface area (Å²) in [6.45, 7) is 20.4. The highest BCUT2D eigenvalue weighted by Crippen LogP contribution is 2.29. The van der Waals surface area contributed by atoms with E-state index in [2.05, 4.69) is 99.7 Å². The van der Waals surface area contributed by atoms with Gasteiger partial charge in [-0.1, -0.05) is 87.7 Å². The number of rotatable bonds is 12. The lowest BCUT2D eigenvalue weighted by molar-refractivity contribution is 0.528. The topological polar surface area (TPSA) is 24.1 Å². The van der Waals surface area contributed by atoms with Gasteiger partial charge in [0.25, 0.3) is 0 Å². The van der Waals surface area contributed by atoms with Gasteiger partial charge in [-0.3, -0.25) is 0 Å². The lowest BCUT2D eigenvalue weighted by Crippen LogP contribution is -2.26. The normalized spacial score (nSPS) is 11.8. The minimum absolute atomic E-state index is 0.110. The van der Waals surface area contributed by atoms with Crippen molar-refractivity contribution in [3.8, 4) is 11.1 Å². The van der Waals surface area contributed by atoms with Crippen LogP contribution < -0.4 is 10.6 Å². The van der Waals surface area contributed by atoms with Crippen LogP contribution in [0.15, 0.2) is 79.7 Å². The number of hydrogen-bond acceptors (Lipinski definition) is 2. The maximum absolute atomic E-state index is 4.36. The summed E-state index contributed by atoms with van der Waals surface area (Å²) in [5, 5.41) is 6.72. The predicted octanol–water partition coefficient (Wildman–Crippen LogP) is 6.95. The quantitative estimate of drug-likeness (QED) is 0.375. The van der Waals surface area contributed by atoms with Crippen LogP contribution >= 0.6 is 0 Å². The molecule has 0 amide bonds. The maximum Gasteiger partial charge on any atom is 0.0413 e. The van der Waals surface area contributed by atoms with E-state index in [1.807, 2.05) is 7.05 Å². The summed E-state index contributed by atoms with van der Waals surface area (Å²) < 4.78 is 0. The van der Waals surface area contributed by atoms with Crippen LogP contribution in [0.3, 0.4) is 0 Å². The Hall–Kier alpha value is -2.74. The van der Waals surface area contributed by atoms with Gasteiger partial charge >= 0.3 is 0 Å². The van der Waals surface area contributed by atoms with Crippen LogP contribution in [0.4, 0.5) is 0 Å². The first-order valence-electron chi connectivity index (χ1n) is 11.0. The largest absolute Gasteiger partial charge is 0.391 e. The Morgan fingerprint density at radius 3 is 1.97 bits per heavy atom. The second kappa shape index (κ2) is 11.4. The summed E-state index contributed by atoms with van der Waals surface area (Å²) in [5.74, 6) is 0.837. The van der Waals surface area contributed by atoms with Crippen LogP contribution in [0.2, 0.25) is 0 Å². The first kappa shape index (κ1) is 23.5. The average Bonchev–Trinajstić information content (AvgIpc) is 2.74. The van der Waals surface area contributed by atoms with E-state index in [0.717, 1.165) is 47.8 Å². The molecule has 1 atom stereocenters. The van der Waals surface area contributed by atoms with Crippen LogP contribution in [-0.4, -0.2) is 13.6 Å². The second-order valence-corrected chi connectivity index (χ2v) is 8.57. The molecule has 0 aliphatic heterocycles. The van der Waals surface area contributed by atoms with Gasteiger partial charge in [-0.25, -0.2) is 0 Å². The third-order valence-corrected chi connectivity index (χ3v) is 5.60. The van der Waals surface area contributed by atoms with E-state index >= 15 is 0 Å². The molecule has 2 heteroatoms. The average molecular weight is 403 g/mol. The van der Waals surface area contributed by atoms with E-state index in [1.54, 1.807) is 0 Å². The van der Waals surface area contributed by atoms with Gasteiger partial charge < -0.3 is 10.6 Å². The van der Waals surface area contributed by atoms with Crippen LogP contribution in [-0.2, 0) is 0 Å². The number of allylic oxidation sites excluding steroid dienone is 1. The molecule has 1 unspecified atom stereocenters. The molecule has 0 aliphatic carbocycles. The van der Waals surface area contributed by atoms with Crippen molar-refractivity contribution in [2.24, 2.45) is 11.8 Å². The highest BCUT2D eigenvalue weighted by atomic mass is 14.9. The fourth-order valence-electron chi connectivity index (χ4n) is 3.52. The van der Waals surface area contributed by atoms with Crippen LogP contribution in [0, 0.1) is 18.8 Å². The zero-order chi connectivity index (χ0) is 22.1. The van der Waals surface area contributed by atoms with E-state index in [4.69, 9.17) is 0 Å². The number of hydrogen-bond donors (Lipinski definition) is 2. The van der Waals surface area contributed by atoms with Gasteiger partial charge in [0.15, 0.2) is 0 Å². The lowest BCUT2D eigenvalue weighted by Gasteiger charge is -2.24. The highest BCUT2D eigenvalue weighted by molar-refractivity contribution is 5.70. The van der Waals surface area contributed by atoms with Crippen molar-refractivity contribution in [1.29, 1.82) is 0 Å². The van der Waals surface area contributed by atoms with Gasteiger partial charge in [-0.15, -0.1) is 0 Å². The molecule has 0 aromatic heterocycles. The fraction of sp³-hybridized carbons (Fsp3) is 0.357. The van der Waals surface area contributed by atoms with Crippen molar-refractivity contribution >= 4 is 5.57 Å². The molecule has 2 nitrogen and oxygen atoms in total. The Labute approximate surface area is 183 Å². The van der Waals surface area contributed by atoms with Gasteiger partial charge in [-0.2, -0.15) is 0 Å². The van der Waals surface area contributed by atoms with E-state index < -0.39 is 0 Å². The number of aryl methyl sites for hydroxylation is 1. The molecule has 30 heavy (non-hydrogen) atoms. The summed E-state index contributed by atoms with van der Waals surface area (Å²) >= 11 is 0. The standard InChI is InChI=1S/C28H38N2/c1-20(2)9-8-18-30-24(6)28(23(5)29-7)19-22(4)25-14-16-27(17-15-25)26-12-10-21(3)11-13-26/h10-17,20,28-30H,4-6,8-9,18-19H2,1-3,7H3. The minimum atomic E-state index is 0.110. The summed E-state index contributed by atoms with van der Waals surface area (Å²) in [6.07, 6.45) is 3.16. The van der Waals surface area contributed by atoms with E-state index in [1.165, 1.54) is 23.1 Å². The number of nitrogens with one attached hydrogen (secondary N) is 2. The van der Waals surface area contributed by atoms with Crippen molar-refractivity contribution < 1.29 is 0 Å². The molecule has 0 bridgehead atoms. The summed E-state index contributed by atoms with van der Waals surface area (Å²) in [7, 11) is 1.92. The van der Waals surface area contributed by atoms with E-state index in [9.17, 15) is 0 Å². The van der Waals surface area contributed by atoms with E-state index in [0.29, 0.717) is 0 Å². The molecule has 0 radical (unpaired) electrons. The third kappa shape index (κ3) is 6.95. The molecule has 2 rings (SSSR count). The Morgan fingerprint density at radius 1 is 0.867 bits per heavy atom. The fourth-order valence-corrected chi connectivity index (χ4v) is 3.52. The van der Waals surface area contributed by atoms with Crippen LogP contribution in [0.5, 0.6) is 0 Å².